The summed E-state index contributed by atoms with van der Waals surface area (Å²) in [6.07, 6.45) is -0.952. The van der Waals surface area contributed by atoms with Crippen LogP contribution in [0.1, 0.15) is 70.7 Å². The molecule has 0 spiro atoms. The fraction of sp³-hybridized carbons (Fsp3) is 0.607. The van der Waals surface area contributed by atoms with Crippen LogP contribution in [0.25, 0.3) is 0 Å². The van der Waals surface area contributed by atoms with Gasteiger partial charge in [-0.05, 0) is 38.3 Å². The molecule has 40 heavy (non-hydrogen) atoms. The number of ether oxygens (including phenoxy) is 4. The number of nitrogens with one attached hydrogen (secondary N) is 2. The molecule has 0 aromatic heterocycles. The molecule has 0 unspecified atom stereocenters. The van der Waals surface area contributed by atoms with Crippen LogP contribution in [0, 0.1) is 11.8 Å². The molecule has 12 heteroatoms. The lowest BCUT2D eigenvalue weighted by atomic mass is 9.92. The van der Waals surface area contributed by atoms with Crippen molar-refractivity contribution in [3.63, 3.8) is 0 Å². The number of esters is 3. The molecule has 0 saturated carbocycles. The second-order valence-electron chi connectivity index (χ2n) is 9.91. The summed E-state index contributed by atoms with van der Waals surface area (Å²) in [5, 5.41) is 15.1. The summed E-state index contributed by atoms with van der Waals surface area (Å²) in [6, 6.07) is 2.70. The normalized spacial score (nSPS) is 22.8. The van der Waals surface area contributed by atoms with Gasteiger partial charge in [-0.3, -0.25) is 19.2 Å². The first kappa shape index (κ1) is 34.4. The third kappa shape index (κ3) is 10.1. The first-order valence-electron chi connectivity index (χ1n) is 13.2. The van der Waals surface area contributed by atoms with E-state index in [0.29, 0.717) is 19.3 Å². The Morgan fingerprint density at radius 3 is 2.30 bits per heavy atom. The van der Waals surface area contributed by atoms with Crippen molar-refractivity contribution in [2.45, 2.75) is 84.7 Å². The molecule has 12 nitrogen and oxygen atoms in total. The van der Waals surface area contributed by atoms with Crippen molar-refractivity contribution in [3.8, 4) is 5.75 Å². The molecule has 0 radical (unpaired) electrons. The van der Waals surface area contributed by atoms with Crippen LogP contribution in [0.15, 0.2) is 18.2 Å². The highest BCUT2D eigenvalue weighted by molar-refractivity contribution is 6.01. The van der Waals surface area contributed by atoms with Crippen LogP contribution < -0.4 is 10.6 Å². The minimum absolute atomic E-state index is 0.00221. The van der Waals surface area contributed by atoms with E-state index in [1.165, 1.54) is 32.0 Å². The molecule has 1 aliphatic rings. The molecule has 1 aliphatic heterocycles. The number of phenols is 1. The standard InChI is InChI=1S/C26H36N2O9.C2H6O/c1-6-7-9-18-23(37-20(30)12-14(2)3)16(5)36-26(34)21(15(4)35-25(18)33)28-24(32)17-10-8-11-19(22(17)31)27-13-29;1-3-2/h8,10-11,13-16,18,21,23,31H,6-7,9,12H2,1-5H3,(H,27,29)(H,28,32);1-2H3/t15-,16+,18-,21+,23+;/m1./s1. The number of hydrogen-bond acceptors (Lipinski definition) is 10. The molecule has 5 atom stereocenters. The van der Waals surface area contributed by atoms with Crippen molar-refractivity contribution in [1.82, 2.24) is 5.32 Å². The second kappa shape index (κ2) is 17.1. The van der Waals surface area contributed by atoms with Gasteiger partial charge in [-0.1, -0.05) is 39.7 Å². The summed E-state index contributed by atoms with van der Waals surface area (Å²) in [5.74, 6) is -4.29. The SMILES string of the molecule is CCCC[C@H]1C(=O)O[C@H](C)[C@H](NC(=O)c2cccc(NC=O)c2O)C(=O)O[C@@H](C)[C@@H]1OC(=O)CC(C)C.COC. The highest BCUT2D eigenvalue weighted by Crippen LogP contribution is 2.29. The minimum atomic E-state index is -1.42. The molecule has 2 amide bonds. The summed E-state index contributed by atoms with van der Waals surface area (Å²) in [7, 11) is 3.25. The average Bonchev–Trinajstić information content (AvgIpc) is 2.89. The van der Waals surface area contributed by atoms with Gasteiger partial charge < -0.3 is 34.7 Å². The van der Waals surface area contributed by atoms with Gasteiger partial charge in [-0.2, -0.15) is 0 Å². The predicted molar refractivity (Wildman–Crippen MR) is 145 cm³/mol. The average molecular weight is 567 g/mol. The van der Waals surface area contributed by atoms with Crippen LogP contribution in [0.2, 0.25) is 0 Å². The lowest BCUT2D eigenvalue weighted by Crippen LogP contribution is -2.50. The maximum atomic E-state index is 13.2. The van der Waals surface area contributed by atoms with Crippen molar-refractivity contribution in [2.75, 3.05) is 19.5 Å². The lowest BCUT2D eigenvalue weighted by Gasteiger charge is -2.29. The number of para-hydroxylation sites is 1. The second-order valence-corrected chi connectivity index (χ2v) is 9.91. The number of aromatic hydroxyl groups is 1. The van der Waals surface area contributed by atoms with Gasteiger partial charge in [0, 0.05) is 20.6 Å². The van der Waals surface area contributed by atoms with Gasteiger partial charge >= 0.3 is 17.9 Å². The number of benzene rings is 1. The number of methoxy groups -OCH3 is 1. The maximum Gasteiger partial charge on any atom is 0.332 e. The fourth-order valence-electron chi connectivity index (χ4n) is 4.03. The van der Waals surface area contributed by atoms with Crippen LogP contribution in [-0.2, 0) is 38.1 Å². The van der Waals surface area contributed by atoms with Crippen LogP contribution in [-0.4, -0.2) is 73.9 Å². The molecule has 1 aromatic rings. The molecular formula is C28H42N2O10. The first-order valence-corrected chi connectivity index (χ1v) is 13.2. The molecule has 0 aliphatic carbocycles. The summed E-state index contributed by atoms with van der Waals surface area (Å²) >= 11 is 0. The van der Waals surface area contributed by atoms with E-state index in [0.717, 1.165) is 6.42 Å². The van der Waals surface area contributed by atoms with Gasteiger partial charge in [0.05, 0.1) is 17.2 Å². The summed E-state index contributed by atoms with van der Waals surface area (Å²) < 4.78 is 21.0. The van der Waals surface area contributed by atoms with Crippen LogP contribution >= 0.6 is 0 Å². The molecule has 3 N–H and O–H groups in total. The molecule has 224 valence electrons. The lowest BCUT2D eigenvalue weighted by molar-refractivity contribution is -0.175. The Hall–Kier alpha value is -3.67. The first-order chi connectivity index (χ1) is 18.9. The fourth-order valence-corrected chi connectivity index (χ4v) is 4.03. The monoisotopic (exact) mass is 566 g/mol. The molecule has 1 fully saturated rings. The van der Waals surface area contributed by atoms with Crippen molar-refractivity contribution < 1.29 is 48.0 Å². The smallest absolute Gasteiger partial charge is 0.332 e. The Labute approximate surface area is 235 Å². The topological polar surface area (TPSA) is 167 Å². The zero-order chi connectivity index (χ0) is 30.4. The Bertz CT molecular complexity index is 1010. The molecule has 1 heterocycles. The van der Waals surface area contributed by atoms with E-state index in [1.54, 1.807) is 14.2 Å². The molecular weight excluding hydrogens is 524 g/mol. The number of cyclic esters (lactones) is 2. The van der Waals surface area contributed by atoms with E-state index >= 15 is 0 Å². The third-order valence-corrected chi connectivity index (χ3v) is 5.98. The van der Waals surface area contributed by atoms with E-state index in [2.05, 4.69) is 15.4 Å². The molecule has 1 aromatic carbocycles. The zero-order valence-corrected chi connectivity index (χ0v) is 24.2. The number of amides is 2. The van der Waals surface area contributed by atoms with E-state index in [9.17, 15) is 29.1 Å². The predicted octanol–water partition coefficient (Wildman–Crippen LogP) is 2.96. The number of phenolic OH excluding ortho intramolecular Hbond substituents is 1. The molecule has 0 bridgehead atoms. The van der Waals surface area contributed by atoms with Crippen molar-refractivity contribution >= 4 is 35.9 Å². The van der Waals surface area contributed by atoms with E-state index < -0.39 is 59.8 Å². The number of carbonyl (C=O) groups excluding carboxylic acids is 5. The minimum Gasteiger partial charge on any atom is -0.505 e. The zero-order valence-electron chi connectivity index (χ0n) is 24.2. The van der Waals surface area contributed by atoms with E-state index in [4.69, 9.17) is 14.2 Å². The Morgan fingerprint density at radius 1 is 1.10 bits per heavy atom. The van der Waals surface area contributed by atoms with Crippen molar-refractivity contribution in [3.05, 3.63) is 23.8 Å². The van der Waals surface area contributed by atoms with E-state index in [1.807, 2.05) is 20.8 Å². The van der Waals surface area contributed by atoms with Gasteiger partial charge in [0.25, 0.3) is 5.91 Å². The van der Waals surface area contributed by atoms with Gasteiger partial charge in [-0.25, -0.2) is 4.79 Å². The number of rotatable bonds is 10. The summed E-state index contributed by atoms with van der Waals surface area (Å²) in [4.78, 5) is 62.5. The van der Waals surface area contributed by atoms with Crippen LogP contribution in [0.3, 0.4) is 0 Å². The highest BCUT2D eigenvalue weighted by atomic mass is 16.6. The Morgan fingerprint density at radius 2 is 1.73 bits per heavy atom. The van der Waals surface area contributed by atoms with Gasteiger partial charge in [0.1, 0.15) is 12.2 Å². The van der Waals surface area contributed by atoms with Crippen molar-refractivity contribution in [2.24, 2.45) is 11.8 Å². The molecule has 1 saturated heterocycles. The highest BCUT2D eigenvalue weighted by Gasteiger charge is 2.43. The third-order valence-electron chi connectivity index (χ3n) is 5.98. The summed E-state index contributed by atoms with van der Waals surface area (Å²) in [5.41, 5.74) is -0.218. The number of hydrogen-bond donors (Lipinski definition) is 3. The van der Waals surface area contributed by atoms with Crippen LogP contribution in [0.5, 0.6) is 5.75 Å². The Balaban J connectivity index is 0.00000254. The molecule has 2 rings (SSSR count). The van der Waals surface area contributed by atoms with Gasteiger partial charge in [0.2, 0.25) is 6.41 Å². The van der Waals surface area contributed by atoms with Gasteiger partial charge in [-0.15, -0.1) is 0 Å². The van der Waals surface area contributed by atoms with Crippen molar-refractivity contribution in [1.29, 1.82) is 0 Å². The Kier molecular flexibility index (Phi) is 14.7. The van der Waals surface area contributed by atoms with E-state index in [-0.39, 0.29) is 23.6 Å². The quantitative estimate of drug-likeness (QED) is 0.166. The van der Waals surface area contributed by atoms with Gasteiger partial charge in [0.15, 0.2) is 17.9 Å². The number of carbonyl (C=O) groups is 5. The largest absolute Gasteiger partial charge is 0.505 e. The van der Waals surface area contributed by atoms with Crippen LogP contribution in [0.4, 0.5) is 5.69 Å². The number of unbranched alkanes of at least 4 members (excludes halogenated alkanes) is 1. The maximum absolute atomic E-state index is 13.2. The summed E-state index contributed by atoms with van der Waals surface area (Å²) in [6.45, 7) is 8.61. The number of anilines is 1.